The van der Waals surface area contributed by atoms with E-state index in [0.29, 0.717) is 24.3 Å². The van der Waals surface area contributed by atoms with Gasteiger partial charge >= 0.3 is 0 Å². The van der Waals surface area contributed by atoms with E-state index < -0.39 is 5.60 Å². The molecule has 94 valence electrons. The summed E-state index contributed by atoms with van der Waals surface area (Å²) < 4.78 is 10.6. The molecule has 1 aromatic rings. The molecule has 0 aliphatic heterocycles. The van der Waals surface area contributed by atoms with Crippen LogP contribution in [-0.2, 0) is 10.3 Å². The second-order valence-electron chi connectivity index (χ2n) is 4.52. The molecule has 1 N–H and O–H groups in total. The van der Waals surface area contributed by atoms with Crippen LogP contribution in [0.3, 0.4) is 0 Å². The second kappa shape index (κ2) is 5.02. The summed E-state index contributed by atoms with van der Waals surface area (Å²) in [6, 6.07) is 3.65. The number of nitrogens with zero attached hydrogens (tertiary/aromatic N) is 1. The third kappa shape index (κ3) is 2.42. The molecule has 1 aromatic heterocycles. The van der Waals surface area contributed by atoms with E-state index in [-0.39, 0.29) is 6.10 Å². The fraction of sp³-hybridized carbons (Fsp3) is 0.615. The summed E-state index contributed by atoms with van der Waals surface area (Å²) in [6.07, 6.45) is 4.99. The molecule has 1 heterocycles. The van der Waals surface area contributed by atoms with E-state index in [1.165, 1.54) is 0 Å². The van der Waals surface area contributed by atoms with Gasteiger partial charge in [-0.25, -0.2) is 0 Å². The molecule has 0 radical (unpaired) electrons. The van der Waals surface area contributed by atoms with Gasteiger partial charge in [-0.05, 0) is 37.8 Å². The van der Waals surface area contributed by atoms with E-state index in [9.17, 15) is 5.11 Å². The number of hydrogen-bond acceptors (Lipinski definition) is 4. The number of hydrogen-bond donors (Lipinski definition) is 1. The first-order valence-electron chi connectivity index (χ1n) is 5.94. The fourth-order valence-electron chi connectivity index (χ4n) is 2.45. The number of pyridine rings is 1. The Balaban J connectivity index is 2.21. The lowest BCUT2D eigenvalue weighted by molar-refractivity contribution is -0.0513. The summed E-state index contributed by atoms with van der Waals surface area (Å²) in [6.45, 7) is 0. The van der Waals surface area contributed by atoms with Gasteiger partial charge in [0.1, 0.15) is 17.0 Å². The molecule has 17 heavy (non-hydrogen) atoms. The average molecular weight is 237 g/mol. The molecule has 1 saturated carbocycles. The minimum absolute atomic E-state index is 0.255. The van der Waals surface area contributed by atoms with Gasteiger partial charge in [0.2, 0.25) is 0 Å². The van der Waals surface area contributed by atoms with E-state index in [4.69, 9.17) is 9.47 Å². The van der Waals surface area contributed by atoms with Crippen LogP contribution < -0.4 is 4.74 Å². The van der Waals surface area contributed by atoms with E-state index in [1.807, 2.05) is 12.1 Å². The third-order valence-corrected chi connectivity index (χ3v) is 3.52. The fourth-order valence-corrected chi connectivity index (χ4v) is 2.45. The van der Waals surface area contributed by atoms with E-state index in [0.717, 1.165) is 12.8 Å². The molecule has 0 amide bonds. The summed E-state index contributed by atoms with van der Waals surface area (Å²) in [5.41, 5.74) is -0.223. The number of aromatic nitrogens is 1. The highest BCUT2D eigenvalue weighted by Crippen LogP contribution is 2.40. The van der Waals surface area contributed by atoms with Crippen LogP contribution in [0.5, 0.6) is 5.75 Å². The zero-order valence-electron chi connectivity index (χ0n) is 10.3. The molecule has 0 unspecified atom stereocenters. The first-order chi connectivity index (χ1) is 8.19. The van der Waals surface area contributed by atoms with Crippen LogP contribution >= 0.6 is 0 Å². The topological polar surface area (TPSA) is 51.6 Å². The van der Waals surface area contributed by atoms with Gasteiger partial charge in [0.25, 0.3) is 0 Å². The molecule has 2 rings (SSSR count). The van der Waals surface area contributed by atoms with Crippen LogP contribution in [0.2, 0.25) is 0 Å². The molecular formula is C13H19NO3. The van der Waals surface area contributed by atoms with Gasteiger partial charge < -0.3 is 14.6 Å². The number of rotatable bonds is 3. The highest BCUT2D eigenvalue weighted by atomic mass is 16.5. The smallest absolute Gasteiger partial charge is 0.143 e. The molecule has 0 atom stereocenters. The molecule has 0 bridgehead atoms. The predicted molar refractivity (Wildman–Crippen MR) is 64.0 cm³/mol. The first kappa shape index (κ1) is 12.3. The maximum atomic E-state index is 10.7. The lowest BCUT2D eigenvalue weighted by Crippen LogP contribution is -2.35. The van der Waals surface area contributed by atoms with Crippen molar-refractivity contribution < 1.29 is 14.6 Å². The maximum absolute atomic E-state index is 10.7. The molecule has 0 spiro atoms. The lowest BCUT2D eigenvalue weighted by atomic mass is 9.80. The Morgan fingerprint density at radius 2 is 2.06 bits per heavy atom. The molecule has 4 heteroatoms. The number of ether oxygens (including phenoxy) is 2. The van der Waals surface area contributed by atoms with Crippen LogP contribution in [0.4, 0.5) is 0 Å². The number of methoxy groups -OCH3 is 2. The van der Waals surface area contributed by atoms with Crippen molar-refractivity contribution in [1.82, 2.24) is 4.98 Å². The van der Waals surface area contributed by atoms with Crippen molar-refractivity contribution in [3.8, 4) is 5.75 Å². The van der Waals surface area contributed by atoms with Gasteiger partial charge in [-0.3, -0.25) is 4.98 Å². The minimum atomic E-state index is -0.873. The van der Waals surface area contributed by atoms with Crippen LogP contribution in [0, 0.1) is 0 Å². The quantitative estimate of drug-likeness (QED) is 0.872. The van der Waals surface area contributed by atoms with E-state index in [1.54, 1.807) is 20.4 Å². The largest absolute Gasteiger partial charge is 0.495 e. The highest BCUT2D eigenvalue weighted by molar-refractivity contribution is 5.32. The SMILES string of the molecule is COc1cccnc1C1(O)CCC(OC)CC1. The predicted octanol–water partition coefficient (Wildman–Crippen LogP) is 1.87. The molecule has 0 aromatic carbocycles. The number of aliphatic hydroxyl groups is 1. The second-order valence-corrected chi connectivity index (χ2v) is 4.52. The zero-order chi connectivity index (χ0) is 12.3. The Labute approximate surface area is 102 Å². The van der Waals surface area contributed by atoms with Crippen molar-refractivity contribution >= 4 is 0 Å². The monoisotopic (exact) mass is 237 g/mol. The highest BCUT2D eigenvalue weighted by Gasteiger charge is 2.38. The standard InChI is InChI=1S/C13H19NO3/c1-16-10-5-7-13(15,8-6-10)12-11(17-2)4-3-9-14-12/h3-4,9-10,15H,5-8H2,1-2H3. The molecule has 1 fully saturated rings. The molecule has 1 aliphatic rings. The van der Waals surface area contributed by atoms with Crippen molar-refractivity contribution in [1.29, 1.82) is 0 Å². The van der Waals surface area contributed by atoms with E-state index in [2.05, 4.69) is 4.98 Å². The first-order valence-corrected chi connectivity index (χ1v) is 5.94. The van der Waals surface area contributed by atoms with Gasteiger partial charge in [-0.15, -0.1) is 0 Å². The minimum Gasteiger partial charge on any atom is -0.495 e. The van der Waals surface area contributed by atoms with Crippen LogP contribution in [0.15, 0.2) is 18.3 Å². The van der Waals surface area contributed by atoms with Gasteiger partial charge in [0.05, 0.1) is 13.2 Å². The van der Waals surface area contributed by atoms with Crippen molar-refractivity contribution in [3.05, 3.63) is 24.0 Å². The summed E-state index contributed by atoms with van der Waals surface area (Å²) in [5.74, 6) is 0.658. The Kier molecular flexibility index (Phi) is 3.64. The van der Waals surface area contributed by atoms with Gasteiger partial charge in [-0.2, -0.15) is 0 Å². The lowest BCUT2D eigenvalue weighted by Gasteiger charge is -2.35. The zero-order valence-corrected chi connectivity index (χ0v) is 10.3. The molecular weight excluding hydrogens is 218 g/mol. The maximum Gasteiger partial charge on any atom is 0.143 e. The summed E-state index contributed by atoms with van der Waals surface area (Å²) in [7, 11) is 3.32. The van der Waals surface area contributed by atoms with Crippen LogP contribution in [-0.4, -0.2) is 30.4 Å². The van der Waals surface area contributed by atoms with Gasteiger partial charge in [-0.1, -0.05) is 0 Å². The summed E-state index contributed by atoms with van der Waals surface area (Å²) in [5, 5.41) is 10.7. The van der Waals surface area contributed by atoms with Crippen molar-refractivity contribution in [2.45, 2.75) is 37.4 Å². The Morgan fingerprint density at radius 3 is 2.65 bits per heavy atom. The molecule has 4 nitrogen and oxygen atoms in total. The van der Waals surface area contributed by atoms with Gasteiger partial charge in [0, 0.05) is 13.3 Å². The summed E-state index contributed by atoms with van der Waals surface area (Å²) in [4.78, 5) is 4.28. The molecule has 1 aliphatic carbocycles. The van der Waals surface area contributed by atoms with Crippen LogP contribution in [0.1, 0.15) is 31.4 Å². The third-order valence-electron chi connectivity index (χ3n) is 3.52. The average Bonchev–Trinajstić information content (AvgIpc) is 2.39. The Morgan fingerprint density at radius 1 is 1.35 bits per heavy atom. The summed E-state index contributed by atoms with van der Waals surface area (Å²) >= 11 is 0. The Hall–Kier alpha value is -1.13. The van der Waals surface area contributed by atoms with Gasteiger partial charge in [0.15, 0.2) is 0 Å². The van der Waals surface area contributed by atoms with Crippen molar-refractivity contribution in [2.24, 2.45) is 0 Å². The Bertz CT molecular complexity index is 373. The van der Waals surface area contributed by atoms with E-state index >= 15 is 0 Å². The van der Waals surface area contributed by atoms with Crippen molar-refractivity contribution in [3.63, 3.8) is 0 Å². The van der Waals surface area contributed by atoms with Crippen molar-refractivity contribution in [2.75, 3.05) is 14.2 Å². The molecule has 0 saturated heterocycles. The normalized spacial score (nSPS) is 29.0. The van der Waals surface area contributed by atoms with Crippen LogP contribution in [0.25, 0.3) is 0 Å².